The summed E-state index contributed by atoms with van der Waals surface area (Å²) in [6.45, 7) is 21.2. The first-order valence-electron chi connectivity index (χ1n) is 8.97. The Balaban J connectivity index is 2.86. The fraction of sp³-hybridized carbons (Fsp3) is 0.280. The molecule has 0 aromatic heterocycles. The van der Waals surface area contributed by atoms with E-state index in [1.165, 1.54) is 27.8 Å². The van der Waals surface area contributed by atoms with Crippen molar-refractivity contribution >= 4 is 0 Å². The molecule has 2 rings (SSSR count). The molecule has 1 N–H and O–H groups in total. The van der Waals surface area contributed by atoms with E-state index in [1.54, 1.807) is 0 Å². The molecular weight excluding hydrogens is 314 g/mol. The van der Waals surface area contributed by atoms with Crippen molar-refractivity contribution in [3.8, 4) is 12.3 Å². The molecule has 26 heavy (non-hydrogen) atoms. The van der Waals surface area contributed by atoms with Crippen molar-refractivity contribution < 1.29 is 0 Å². The summed E-state index contributed by atoms with van der Waals surface area (Å²) < 4.78 is 0. The molecule has 1 aliphatic rings. The van der Waals surface area contributed by atoms with Gasteiger partial charge in [-0.05, 0) is 81.5 Å². The Morgan fingerprint density at radius 1 is 1.12 bits per heavy atom. The highest BCUT2D eigenvalue weighted by Crippen LogP contribution is 2.45. The van der Waals surface area contributed by atoms with Crippen LogP contribution in [0, 0.1) is 19.3 Å². The Hall–Kier alpha value is -2.72. The van der Waals surface area contributed by atoms with Crippen molar-refractivity contribution in [1.29, 1.82) is 0 Å². The summed E-state index contributed by atoms with van der Waals surface area (Å²) >= 11 is 0. The van der Waals surface area contributed by atoms with Gasteiger partial charge in [-0.3, -0.25) is 0 Å². The van der Waals surface area contributed by atoms with Crippen molar-refractivity contribution in [3.05, 3.63) is 93.4 Å². The third-order valence-corrected chi connectivity index (χ3v) is 5.06. The third kappa shape index (κ3) is 3.46. The lowest BCUT2D eigenvalue weighted by atomic mass is 9.74. The first-order valence-corrected chi connectivity index (χ1v) is 8.97. The second-order valence-electron chi connectivity index (χ2n) is 7.13. The molecule has 0 fully saturated rings. The molecule has 1 aliphatic heterocycles. The summed E-state index contributed by atoms with van der Waals surface area (Å²) in [6.07, 6.45) is 7.72. The summed E-state index contributed by atoms with van der Waals surface area (Å²) in [6, 6.07) is 6.26. The van der Waals surface area contributed by atoms with Gasteiger partial charge in [0.15, 0.2) is 0 Å². The summed E-state index contributed by atoms with van der Waals surface area (Å²) in [7, 11) is 0. The van der Waals surface area contributed by atoms with Gasteiger partial charge in [-0.2, -0.15) is 0 Å². The van der Waals surface area contributed by atoms with Crippen molar-refractivity contribution in [1.82, 2.24) is 5.32 Å². The number of dihydropyridines is 1. The van der Waals surface area contributed by atoms with Gasteiger partial charge < -0.3 is 5.32 Å². The molecular formula is C25H29N. The minimum atomic E-state index is 0.1000. The van der Waals surface area contributed by atoms with Gasteiger partial charge in [0.25, 0.3) is 0 Å². The molecule has 1 unspecified atom stereocenters. The van der Waals surface area contributed by atoms with Gasteiger partial charge >= 0.3 is 0 Å². The van der Waals surface area contributed by atoms with E-state index < -0.39 is 0 Å². The second-order valence-corrected chi connectivity index (χ2v) is 7.13. The van der Waals surface area contributed by atoms with Crippen LogP contribution >= 0.6 is 0 Å². The molecule has 0 amide bonds. The zero-order valence-electron chi connectivity index (χ0n) is 16.9. The molecule has 0 spiro atoms. The Morgan fingerprint density at radius 3 is 2.19 bits per heavy atom. The highest BCUT2D eigenvalue weighted by Gasteiger charge is 2.32. The fourth-order valence-corrected chi connectivity index (χ4v) is 3.71. The largest absolute Gasteiger partial charge is 0.358 e. The average Bonchev–Trinajstić information content (AvgIpc) is 2.59. The predicted octanol–water partition coefficient (Wildman–Crippen LogP) is 6.31. The number of rotatable bonds is 4. The SMILES string of the molecule is C#Cc1ccc(C2C(C(=C)C)=C(C)NC(/C(C)=C\C)=C2C(=C)C)c(C)c1. The van der Waals surface area contributed by atoms with E-state index >= 15 is 0 Å². The Kier molecular flexibility index (Phi) is 5.78. The minimum absolute atomic E-state index is 0.1000. The summed E-state index contributed by atoms with van der Waals surface area (Å²) in [4.78, 5) is 0. The second kappa shape index (κ2) is 7.67. The van der Waals surface area contributed by atoms with Gasteiger partial charge in [0.05, 0.1) is 0 Å². The van der Waals surface area contributed by atoms with E-state index in [-0.39, 0.29) is 5.92 Å². The summed E-state index contributed by atoms with van der Waals surface area (Å²) in [5, 5.41) is 3.61. The van der Waals surface area contributed by atoms with Crippen LogP contribution in [0.4, 0.5) is 0 Å². The van der Waals surface area contributed by atoms with Crippen molar-refractivity contribution in [2.24, 2.45) is 0 Å². The normalized spacial score (nSPS) is 17.7. The van der Waals surface area contributed by atoms with Gasteiger partial charge in [0.1, 0.15) is 0 Å². The molecule has 1 nitrogen and oxygen atoms in total. The molecule has 0 aliphatic carbocycles. The van der Waals surface area contributed by atoms with Crippen LogP contribution in [0.3, 0.4) is 0 Å². The molecule has 1 aromatic carbocycles. The first-order chi connectivity index (χ1) is 12.2. The van der Waals surface area contributed by atoms with Crippen LogP contribution in [-0.4, -0.2) is 0 Å². The standard InChI is InChI=1S/C25H29N/c1-10-17(7)25-23(16(5)6)24(22(15(3)4)19(9)26-25)21-13-12-20(11-2)14-18(21)8/h2,10,12-14,24,26H,3,5H2,1,4,6-9H3/b17-10-. The average molecular weight is 344 g/mol. The number of benzene rings is 1. The zero-order valence-corrected chi connectivity index (χ0v) is 16.9. The lowest BCUT2D eigenvalue weighted by Crippen LogP contribution is -2.27. The van der Waals surface area contributed by atoms with Gasteiger partial charge in [-0.1, -0.05) is 42.4 Å². The number of aryl methyl sites for hydroxylation is 1. The summed E-state index contributed by atoms with van der Waals surface area (Å²) in [5.41, 5.74) is 11.4. The fourth-order valence-electron chi connectivity index (χ4n) is 3.71. The predicted molar refractivity (Wildman–Crippen MR) is 114 cm³/mol. The van der Waals surface area contributed by atoms with E-state index in [2.05, 4.69) is 84.1 Å². The maximum atomic E-state index is 5.59. The summed E-state index contributed by atoms with van der Waals surface area (Å²) in [5.74, 6) is 2.83. The smallest absolute Gasteiger partial charge is 0.0452 e. The molecule has 1 heteroatoms. The van der Waals surface area contributed by atoms with Gasteiger partial charge in [0, 0.05) is 22.9 Å². The van der Waals surface area contributed by atoms with Gasteiger partial charge in [-0.15, -0.1) is 6.42 Å². The van der Waals surface area contributed by atoms with E-state index in [1.807, 2.05) is 6.07 Å². The van der Waals surface area contributed by atoms with E-state index in [0.29, 0.717) is 0 Å². The zero-order chi connectivity index (χ0) is 19.6. The number of hydrogen-bond acceptors (Lipinski definition) is 1. The van der Waals surface area contributed by atoms with Crippen LogP contribution in [0.5, 0.6) is 0 Å². The molecule has 134 valence electrons. The third-order valence-electron chi connectivity index (χ3n) is 5.06. The van der Waals surface area contributed by atoms with Crippen molar-refractivity contribution in [3.63, 3.8) is 0 Å². The highest BCUT2D eigenvalue weighted by molar-refractivity contribution is 5.61. The van der Waals surface area contributed by atoms with Crippen LogP contribution in [0.15, 0.2) is 76.7 Å². The van der Waals surface area contributed by atoms with Crippen LogP contribution in [0.1, 0.15) is 57.2 Å². The Morgan fingerprint density at radius 2 is 1.73 bits per heavy atom. The number of hydrogen-bond donors (Lipinski definition) is 1. The molecule has 0 radical (unpaired) electrons. The molecule has 1 heterocycles. The van der Waals surface area contributed by atoms with Crippen LogP contribution < -0.4 is 5.32 Å². The number of terminal acetylenes is 1. The topological polar surface area (TPSA) is 12.0 Å². The van der Waals surface area contributed by atoms with Crippen LogP contribution in [0.2, 0.25) is 0 Å². The van der Waals surface area contributed by atoms with Crippen molar-refractivity contribution in [2.75, 3.05) is 0 Å². The Bertz CT molecular complexity index is 910. The molecule has 1 aromatic rings. The number of nitrogens with one attached hydrogen (secondary N) is 1. The van der Waals surface area contributed by atoms with E-state index in [0.717, 1.165) is 28.1 Å². The van der Waals surface area contributed by atoms with Gasteiger partial charge in [-0.25, -0.2) is 0 Å². The maximum Gasteiger partial charge on any atom is 0.0452 e. The molecule has 1 atom stereocenters. The van der Waals surface area contributed by atoms with Gasteiger partial charge in [0.2, 0.25) is 0 Å². The molecule has 0 saturated carbocycles. The maximum absolute atomic E-state index is 5.59. The Labute approximate surface area is 158 Å². The van der Waals surface area contributed by atoms with E-state index in [4.69, 9.17) is 6.42 Å². The first kappa shape index (κ1) is 19.6. The highest BCUT2D eigenvalue weighted by atomic mass is 14.9. The minimum Gasteiger partial charge on any atom is -0.358 e. The van der Waals surface area contributed by atoms with E-state index in [9.17, 15) is 0 Å². The molecule has 0 bridgehead atoms. The van der Waals surface area contributed by atoms with Crippen LogP contribution in [-0.2, 0) is 0 Å². The lowest BCUT2D eigenvalue weighted by Gasteiger charge is -2.35. The quantitative estimate of drug-likeness (QED) is 0.632. The van der Waals surface area contributed by atoms with Crippen molar-refractivity contribution in [2.45, 2.75) is 47.5 Å². The monoisotopic (exact) mass is 343 g/mol. The molecule has 0 saturated heterocycles. The number of allylic oxidation sites excluding steroid dienone is 7. The van der Waals surface area contributed by atoms with Crippen LogP contribution in [0.25, 0.3) is 0 Å². The lowest BCUT2D eigenvalue weighted by molar-refractivity contribution is 0.789.